The van der Waals surface area contributed by atoms with E-state index in [2.05, 4.69) is 19.2 Å². The van der Waals surface area contributed by atoms with Gasteiger partial charge in [-0.25, -0.2) is 4.39 Å². The highest BCUT2D eigenvalue weighted by Crippen LogP contribution is 2.24. The lowest BCUT2D eigenvalue weighted by molar-refractivity contribution is 0.582. The molecule has 0 spiro atoms. The highest BCUT2D eigenvalue weighted by atomic mass is 19.1. The van der Waals surface area contributed by atoms with Gasteiger partial charge in [-0.15, -0.1) is 0 Å². The Kier molecular flexibility index (Phi) is 4.11. The molecule has 0 atom stereocenters. The third-order valence-corrected chi connectivity index (χ3v) is 2.85. The summed E-state index contributed by atoms with van der Waals surface area (Å²) in [5.41, 5.74) is 3.21. The van der Waals surface area contributed by atoms with Gasteiger partial charge in [0.15, 0.2) is 0 Å². The van der Waals surface area contributed by atoms with Crippen LogP contribution in [0.3, 0.4) is 0 Å². The first-order chi connectivity index (χ1) is 8.66. The number of hydrogen-bond acceptors (Lipinski definition) is 1. The quantitative estimate of drug-likeness (QED) is 0.856. The number of benzene rings is 2. The summed E-state index contributed by atoms with van der Waals surface area (Å²) in [6.07, 6.45) is 0. The summed E-state index contributed by atoms with van der Waals surface area (Å²) in [6, 6.07) is 15.4. The molecular weight excluding hydrogens is 225 g/mol. The zero-order valence-electron chi connectivity index (χ0n) is 10.8. The van der Waals surface area contributed by atoms with Crippen LogP contribution in [-0.4, -0.2) is 6.04 Å². The first kappa shape index (κ1) is 12.8. The summed E-state index contributed by atoms with van der Waals surface area (Å²) in [4.78, 5) is 0. The second kappa shape index (κ2) is 5.78. The lowest BCUT2D eigenvalue weighted by Gasteiger charge is -2.13. The Morgan fingerprint density at radius 2 is 1.78 bits per heavy atom. The molecule has 0 saturated heterocycles. The van der Waals surface area contributed by atoms with E-state index in [0.29, 0.717) is 12.6 Å². The third kappa shape index (κ3) is 3.17. The van der Waals surface area contributed by atoms with Crippen LogP contribution in [-0.2, 0) is 6.54 Å². The molecule has 2 aromatic carbocycles. The van der Waals surface area contributed by atoms with Gasteiger partial charge in [-0.05, 0) is 28.8 Å². The molecule has 1 N–H and O–H groups in total. The first-order valence-electron chi connectivity index (χ1n) is 6.24. The molecule has 1 nitrogen and oxygen atoms in total. The van der Waals surface area contributed by atoms with Crippen molar-refractivity contribution in [3.63, 3.8) is 0 Å². The molecule has 0 aromatic heterocycles. The zero-order valence-corrected chi connectivity index (χ0v) is 10.8. The second-order valence-corrected chi connectivity index (χ2v) is 4.70. The SMILES string of the molecule is CC(C)NCc1cc(F)ccc1-c1ccccc1. The van der Waals surface area contributed by atoms with Crippen molar-refractivity contribution in [2.45, 2.75) is 26.4 Å². The van der Waals surface area contributed by atoms with E-state index in [1.807, 2.05) is 36.4 Å². The summed E-state index contributed by atoms with van der Waals surface area (Å²) >= 11 is 0. The molecule has 0 unspecified atom stereocenters. The van der Waals surface area contributed by atoms with Crippen molar-refractivity contribution in [2.75, 3.05) is 0 Å². The Balaban J connectivity index is 2.35. The van der Waals surface area contributed by atoms with E-state index in [0.717, 1.165) is 16.7 Å². The molecular formula is C16H18FN. The highest BCUT2D eigenvalue weighted by Gasteiger charge is 2.06. The molecule has 0 radical (unpaired) electrons. The predicted molar refractivity (Wildman–Crippen MR) is 73.8 cm³/mol. The third-order valence-electron chi connectivity index (χ3n) is 2.85. The number of hydrogen-bond donors (Lipinski definition) is 1. The van der Waals surface area contributed by atoms with E-state index in [1.165, 1.54) is 6.07 Å². The van der Waals surface area contributed by atoms with Crippen LogP contribution in [0.25, 0.3) is 11.1 Å². The van der Waals surface area contributed by atoms with Crippen molar-refractivity contribution in [3.8, 4) is 11.1 Å². The van der Waals surface area contributed by atoms with Crippen LogP contribution in [0.1, 0.15) is 19.4 Å². The van der Waals surface area contributed by atoms with Crippen molar-refractivity contribution < 1.29 is 4.39 Å². The molecule has 94 valence electrons. The van der Waals surface area contributed by atoms with Gasteiger partial charge >= 0.3 is 0 Å². The number of halogens is 1. The lowest BCUT2D eigenvalue weighted by Crippen LogP contribution is -2.22. The Hall–Kier alpha value is -1.67. The normalized spacial score (nSPS) is 10.9. The van der Waals surface area contributed by atoms with Crippen molar-refractivity contribution in [1.29, 1.82) is 0 Å². The van der Waals surface area contributed by atoms with Crippen LogP contribution in [0, 0.1) is 5.82 Å². The smallest absolute Gasteiger partial charge is 0.123 e. The van der Waals surface area contributed by atoms with E-state index in [1.54, 1.807) is 6.07 Å². The molecule has 0 aliphatic carbocycles. The van der Waals surface area contributed by atoms with Gasteiger partial charge in [-0.2, -0.15) is 0 Å². The summed E-state index contributed by atoms with van der Waals surface area (Å²) in [7, 11) is 0. The number of nitrogens with one attached hydrogen (secondary N) is 1. The van der Waals surface area contributed by atoms with Gasteiger partial charge in [0.05, 0.1) is 0 Å². The molecule has 0 fully saturated rings. The minimum atomic E-state index is -0.185. The van der Waals surface area contributed by atoms with E-state index in [9.17, 15) is 4.39 Å². The molecule has 0 aliphatic rings. The van der Waals surface area contributed by atoms with Crippen LogP contribution in [0.15, 0.2) is 48.5 Å². The van der Waals surface area contributed by atoms with Gasteiger partial charge in [0, 0.05) is 12.6 Å². The summed E-state index contributed by atoms with van der Waals surface area (Å²) in [5.74, 6) is -0.185. The monoisotopic (exact) mass is 243 g/mol. The van der Waals surface area contributed by atoms with Crippen molar-refractivity contribution in [1.82, 2.24) is 5.32 Å². The van der Waals surface area contributed by atoms with E-state index < -0.39 is 0 Å². The zero-order chi connectivity index (χ0) is 13.0. The Labute approximate surface area is 108 Å². The maximum atomic E-state index is 13.4. The molecule has 0 aliphatic heterocycles. The molecule has 2 heteroatoms. The van der Waals surface area contributed by atoms with E-state index >= 15 is 0 Å². The van der Waals surface area contributed by atoms with Crippen molar-refractivity contribution in [2.24, 2.45) is 0 Å². The van der Waals surface area contributed by atoms with Gasteiger partial charge in [-0.1, -0.05) is 50.2 Å². The lowest BCUT2D eigenvalue weighted by atomic mass is 9.99. The largest absolute Gasteiger partial charge is 0.310 e. The number of rotatable bonds is 4. The molecule has 0 bridgehead atoms. The molecule has 2 aromatic rings. The standard InChI is InChI=1S/C16H18FN/c1-12(2)18-11-14-10-15(17)8-9-16(14)13-6-4-3-5-7-13/h3-10,12,18H,11H2,1-2H3. The fraction of sp³-hybridized carbons (Fsp3) is 0.250. The van der Waals surface area contributed by atoms with Crippen LogP contribution in [0.2, 0.25) is 0 Å². The minimum Gasteiger partial charge on any atom is -0.310 e. The van der Waals surface area contributed by atoms with Gasteiger partial charge in [0.1, 0.15) is 5.82 Å². The van der Waals surface area contributed by atoms with Crippen LogP contribution >= 0.6 is 0 Å². The second-order valence-electron chi connectivity index (χ2n) is 4.70. The molecule has 0 saturated carbocycles. The molecule has 0 amide bonds. The molecule has 0 heterocycles. The minimum absolute atomic E-state index is 0.185. The average molecular weight is 243 g/mol. The van der Waals surface area contributed by atoms with Crippen LogP contribution in [0.4, 0.5) is 4.39 Å². The Morgan fingerprint density at radius 3 is 2.44 bits per heavy atom. The Bertz CT molecular complexity index is 506. The summed E-state index contributed by atoms with van der Waals surface area (Å²) < 4.78 is 13.4. The van der Waals surface area contributed by atoms with Crippen LogP contribution < -0.4 is 5.32 Å². The fourth-order valence-corrected chi connectivity index (χ4v) is 1.92. The topological polar surface area (TPSA) is 12.0 Å². The molecule has 18 heavy (non-hydrogen) atoms. The van der Waals surface area contributed by atoms with Gasteiger partial charge in [0.2, 0.25) is 0 Å². The summed E-state index contributed by atoms with van der Waals surface area (Å²) in [6.45, 7) is 4.85. The average Bonchev–Trinajstić information content (AvgIpc) is 2.37. The van der Waals surface area contributed by atoms with E-state index in [-0.39, 0.29) is 5.82 Å². The Morgan fingerprint density at radius 1 is 1.06 bits per heavy atom. The van der Waals surface area contributed by atoms with E-state index in [4.69, 9.17) is 0 Å². The first-order valence-corrected chi connectivity index (χ1v) is 6.24. The maximum Gasteiger partial charge on any atom is 0.123 e. The van der Waals surface area contributed by atoms with Crippen molar-refractivity contribution >= 4 is 0 Å². The predicted octanol–water partition coefficient (Wildman–Crippen LogP) is 3.99. The van der Waals surface area contributed by atoms with Crippen LogP contribution in [0.5, 0.6) is 0 Å². The molecule has 2 rings (SSSR count). The van der Waals surface area contributed by atoms with Gasteiger partial charge in [-0.3, -0.25) is 0 Å². The maximum absolute atomic E-state index is 13.4. The van der Waals surface area contributed by atoms with Crippen molar-refractivity contribution in [3.05, 3.63) is 59.9 Å². The van der Waals surface area contributed by atoms with Gasteiger partial charge < -0.3 is 5.32 Å². The summed E-state index contributed by atoms with van der Waals surface area (Å²) in [5, 5.41) is 3.33. The van der Waals surface area contributed by atoms with Gasteiger partial charge in [0.25, 0.3) is 0 Å². The highest BCUT2D eigenvalue weighted by molar-refractivity contribution is 5.67. The fourth-order valence-electron chi connectivity index (χ4n) is 1.92.